The number of tetrazole rings is 1. The summed E-state index contributed by atoms with van der Waals surface area (Å²) in [7, 11) is -3.67. The standard InChI is InChI=1S/C18H21N5O2S/c1-13(2)11-15-7-9-18(10-8-15)26(24,25)20-16-5-4-6-17(12-16)23-14(3)19-21-22-23/h4-10,12-13,20H,11H2,1-3H3. The minimum Gasteiger partial charge on any atom is -0.280 e. The number of hydrogen-bond donors (Lipinski definition) is 1. The Kier molecular flexibility index (Phi) is 5.03. The van der Waals surface area contributed by atoms with Crippen molar-refractivity contribution >= 4 is 15.7 Å². The van der Waals surface area contributed by atoms with Crippen molar-refractivity contribution in [2.45, 2.75) is 32.1 Å². The van der Waals surface area contributed by atoms with Crippen LogP contribution in [-0.2, 0) is 16.4 Å². The van der Waals surface area contributed by atoms with E-state index < -0.39 is 10.0 Å². The van der Waals surface area contributed by atoms with Gasteiger partial charge in [0.15, 0.2) is 5.82 Å². The minimum absolute atomic E-state index is 0.231. The molecular formula is C18H21N5O2S. The fourth-order valence-corrected chi connectivity index (χ4v) is 3.71. The molecule has 0 saturated heterocycles. The molecular weight excluding hydrogens is 350 g/mol. The van der Waals surface area contributed by atoms with Crippen LogP contribution in [0.3, 0.4) is 0 Å². The summed E-state index contributed by atoms with van der Waals surface area (Å²) in [6.45, 7) is 6.03. The first-order valence-corrected chi connectivity index (χ1v) is 9.80. The second-order valence-electron chi connectivity index (χ2n) is 6.54. The number of aryl methyl sites for hydroxylation is 1. The lowest BCUT2D eigenvalue weighted by molar-refractivity contribution is 0.601. The molecule has 26 heavy (non-hydrogen) atoms. The molecule has 0 radical (unpaired) electrons. The van der Waals surface area contributed by atoms with E-state index in [1.165, 1.54) is 0 Å². The van der Waals surface area contributed by atoms with Gasteiger partial charge in [-0.15, -0.1) is 5.10 Å². The second-order valence-corrected chi connectivity index (χ2v) is 8.22. The monoisotopic (exact) mass is 371 g/mol. The quantitative estimate of drug-likeness (QED) is 0.719. The van der Waals surface area contributed by atoms with Gasteiger partial charge in [-0.25, -0.2) is 8.42 Å². The number of nitrogens with one attached hydrogen (secondary N) is 1. The van der Waals surface area contributed by atoms with Gasteiger partial charge in [-0.1, -0.05) is 32.0 Å². The number of benzene rings is 2. The maximum atomic E-state index is 12.6. The lowest BCUT2D eigenvalue weighted by Gasteiger charge is -2.11. The fraction of sp³-hybridized carbons (Fsp3) is 0.278. The first kappa shape index (κ1) is 18.1. The molecule has 0 amide bonds. The molecule has 0 unspecified atom stereocenters. The van der Waals surface area contributed by atoms with Crippen molar-refractivity contribution in [3.05, 3.63) is 59.9 Å². The number of nitrogens with zero attached hydrogens (tertiary/aromatic N) is 4. The first-order valence-electron chi connectivity index (χ1n) is 8.32. The molecule has 3 aromatic rings. The van der Waals surface area contributed by atoms with Crippen LogP contribution in [0.15, 0.2) is 53.4 Å². The molecule has 1 N–H and O–H groups in total. The molecule has 136 valence electrons. The van der Waals surface area contributed by atoms with Crippen LogP contribution in [0.25, 0.3) is 5.69 Å². The summed E-state index contributed by atoms with van der Waals surface area (Å²) in [6, 6.07) is 13.9. The molecule has 3 rings (SSSR count). The van der Waals surface area contributed by atoms with E-state index >= 15 is 0 Å². The summed E-state index contributed by atoms with van der Waals surface area (Å²) in [5.74, 6) is 1.14. The predicted octanol–water partition coefficient (Wildman–Crippen LogP) is 2.97. The molecule has 0 atom stereocenters. The van der Waals surface area contributed by atoms with Crippen LogP contribution in [0.5, 0.6) is 0 Å². The lowest BCUT2D eigenvalue weighted by atomic mass is 10.0. The van der Waals surface area contributed by atoms with Crippen molar-refractivity contribution < 1.29 is 8.42 Å². The molecule has 0 bridgehead atoms. The van der Waals surface area contributed by atoms with Crippen molar-refractivity contribution in [1.29, 1.82) is 0 Å². The average molecular weight is 371 g/mol. The van der Waals surface area contributed by atoms with Gasteiger partial charge >= 0.3 is 0 Å². The Bertz CT molecular complexity index is 994. The van der Waals surface area contributed by atoms with E-state index in [1.54, 1.807) is 41.9 Å². The van der Waals surface area contributed by atoms with Crippen LogP contribution in [0, 0.1) is 12.8 Å². The van der Waals surface area contributed by atoms with Gasteiger partial charge in [0.05, 0.1) is 16.3 Å². The van der Waals surface area contributed by atoms with E-state index in [1.807, 2.05) is 18.2 Å². The number of aromatic nitrogens is 4. The largest absolute Gasteiger partial charge is 0.280 e. The molecule has 1 heterocycles. The summed E-state index contributed by atoms with van der Waals surface area (Å²) in [4.78, 5) is 0.231. The van der Waals surface area contributed by atoms with Crippen molar-refractivity contribution in [3.8, 4) is 5.69 Å². The van der Waals surface area contributed by atoms with E-state index in [0.717, 1.165) is 12.0 Å². The minimum atomic E-state index is -3.67. The highest BCUT2D eigenvalue weighted by atomic mass is 32.2. The zero-order valence-corrected chi connectivity index (χ0v) is 15.7. The Morgan fingerprint density at radius 3 is 2.46 bits per heavy atom. The smallest absolute Gasteiger partial charge is 0.261 e. The Labute approximate surface area is 153 Å². The van der Waals surface area contributed by atoms with Crippen LogP contribution in [0.2, 0.25) is 0 Å². The van der Waals surface area contributed by atoms with Gasteiger partial charge in [0.25, 0.3) is 10.0 Å². The van der Waals surface area contributed by atoms with Crippen molar-refractivity contribution in [1.82, 2.24) is 20.2 Å². The second kappa shape index (κ2) is 7.25. The summed E-state index contributed by atoms with van der Waals surface area (Å²) >= 11 is 0. The molecule has 0 aliphatic heterocycles. The molecule has 7 nitrogen and oxygen atoms in total. The highest BCUT2D eigenvalue weighted by Crippen LogP contribution is 2.20. The molecule has 1 aromatic heterocycles. The van der Waals surface area contributed by atoms with Crippen molar-refractivity contribution in [2.75, 3.05) is 4.72 Å². The van der Waals surface area contributed by atoms with Gasteiger partial charge in [0.1, 0.15) is 0 Å². The third-order valence-corrected chi connectivity index (χ3v) is 5.24. The number of anilines is 1. The Morgan fingerprint density at radius 1 is 1.12 bits per heavy atom. The number of sulfonamides is 1. The van der Waals surface area contributed by atoms with E-state index in [9.17, 15) is 8.42 Å². The summed E-state index contributed by atoms with van der Waals surface area (Å²) < 4.78 is 29.4. The Morgan fingerprint density at radius 2 is 1.85 bits per heavy atom. The third kappa shape index (κ3) is 4.08. The summed E-state index contributed by atoms with van der Waals surface area (Å²) in [5, 5.41) is 11.3. The van der Waals surface area contributed by atoms with Crippen LogP contribution in [0.4, 0.5) is 5.69 Å². The van der Waals surface area contributed by atoms with Gasteiger partial charge in [0.2, 0.25) is 0 Å². The zero-order valence-electron chi connectivity index (χ0n) is 14.9. The highest BCUT2D eigenvalue weighted by molar-refractivity contribution is 7.92. The van der Waals surface area contributed by atoms with E-state index in [2.05, 4.69) is 34.1 Å². The summed E-state index contributed by atoms with van der Waals surface area (Å²) in [5.41, 5.74) is 2.25. The normalized spacial score (nSPS) is 11.7. The van der Waals surface area contributed by atoms with Crippen molar-refractivity contribution in [3.63, 3.8) is 0 Å². The van der Waals surface area contributed by atoms with Gasteiger partial charge in [-0.2, -0.15) is 4.68 Å². The predicted molar refractivity (Wildman–Crippen MR) is 99.7 cm³/mol. The average Bonchev–Trinajstić information content (AvgIpc) is 3.01. The Hall–Kier alpha value is -2.74. The van der Waals surface area contributed by atoms with Gasteiger partial charge in [-0.05, 0) is 65.6 Å². The van der Waals surface area contributed by atoms with Crippen LogP contribution >= 0.6 is 0 Å². The molecule has 0 spiro atoms. The molecule has 2 aromatic carbocycles. The lowest BCUT2D eigenvalue weighted by Crippen LogP contribution is -2.13. The SMILES string of the molecule is Cc1nnnn1-c1cccc(NS(=O)(=O)c2ccc(CC(C)C)cc2)c1. The number of hydrogen-bond acceptors (Lipinski definition) is 5. The van der Waals surface area contributed by atoms with Crippen molar-refractivity contribution in [2.24, 2.45) is 5.92 Å². The fourth-order valence-electron chi connectivity index (χ4n) is 2.66. The van der Waals surface area contributed by atoms with E-state index in [-0.39, 0.29) is 4.90 Å². The molecule has 0 fully saturated rings. The number of rotatable bonds is 6. The van der Waals surface area contributed by atoms with Gasteiger partial charge < -0.3 is 0 Å². The first-order chi connectivity index (χ1) is 12.3. The zero-order chi connectivity index (χ0) is 18.7. The molecule has 8 heteroatoms. The molecule has 0 saturated carbocycles. The van der Waals surface area contributed by atoms with E-state index in [4.69, 9.17) is 0 Å². The van der Waals surface area contributed by atoms with Crippen LogP contribution < -0.4 is 4.72 Å². The maximum absolute atomic E-state index is 12.6. The van der Waals surface area contributed by atoms with Crippen LogP contribution in [0.1, 0.15) is 25.2 Å². The Balaban J connectivity index is 1.82. The summed E-state index contributed by atoms with van der Waals surface area (Å²) in [6.07, 6.45) is 0.918. The van der Waals surface area contributed by atoms with Crippen LogP contribution in [-0.4, -0.2) is 28.6 Å². The van der Waals surface area contributed by atoms with Gasteiger partial charge in [0, 0.05) is 0 Å². The van der Waals surface area contributed by atoms with Gasteiger partial charge in [-0.3, -0.25) is 4.72 Å². The van der Waals surface area contributed by atoms with E-state index in [0.29, 0.717) is 23.1 Å². The maximum Gasteiger partial charge on any atom is 0.261 e. The topological polar surface area (TPSA) is 89.8 Å². The third-order valence-electron chi connectivity index (χ3n) is 3.85. The molecule has 0 aliphatic carbocycles. The highest BCUT2D eigenvalue weighted by Gasteiger charge is 2.15. The molecule has 0 aliphatic rings.